The zero-order valence-electron chi connectivity index (χ0n) is 10.6. The number of anilines is 1. The van der Waals surface area contributed by atoms with E-state index in [9.17, 15) is 0 Å². The molecule has 0 bridgehead atoms. The normalized spacial score (nSPS) is 20.0. The standard InChI is InChI=1S/C14H22N2O/c1-2-8-16(14-7-9-17-11-14)10-12-3-5-13(15)6-4-12/h3-6,14H,2,7-11,15H2,1H3. The van der Waals surface area contributed by atoms with Crippen molar-refractivity contribution in [2.45, 2.75) is 32.4 Å². The highest BCUT2D eigenvalue weighted by atomic mass is 16.5. The molecule has 1 aliphatic heterocycles. The second-order valence-corrected chi connectivity index (χ2v) is 4.73. The fourth-order valence-corrected chi connectivity index (χ4v) is 2.35. The Bertz CT molecular complexity index is 331. The summed E-state index contributed by atoms with van der Waals surface area (Å²) in [4.78, 5) is 2.53. The number of nitrogens with two attached hydrogens (primary N) is 1. The lowest BCUT2D eigenvalue weighted by atomic mass is 10.1. The van der Waals surface area contributed by atoms with E-state index in [-0.39, 0.29) is 0 Å². The third-order valence-corrected chi connectivity index (χ3v) is 3.30. The smallest absolute Gasteiger partial charge is 0.0622 e. The first-order valence-electron chi connectivity index (χ1n) is 6.46. The Labute approximate surface area is 104 Å². The molecule has 0 saturated carbocycles. The number of nitrogen functional groups attached to an aromatic ring is 1. The van der Waals surface area contributed by atoms with E-state index in [1.54, 1.807) is 0 Å². The summed E-state index contributed by atoms with van der Waals surface area (Å²) in [6.45, 7) is 6.16. The zero-order valence-corrected chi connectivity index (χ0v) is 10.6. The Hall–Kier alpha value is -1.06. The summed E-state index contributed by atoms with van der Waals surface area (Å²) in [7, 11) is 0. The van der Waals surface area contributed by atoms with Gasteiger partial charge in [-0.3, -0.25) is 4.90 Å². The molecule has 3 heteroatoms. The van der Waals surface area contributed by atoms with Crippen LogP contribution in [0.3, 0.4) is 0 Å². The highest BCUT2D eigenvalue weighted by Gasteiger charge is 2.22. The van der Waals surface area contributed by atoms with Gasteiger partial charge >= 0.3 is 0 Å². The van der Waals surface area contributed by atoms with Crippen LogP contribution in [0, 0.1) is 0 Å². The van der Waals surface area contributed by atoms with Crippen LogP contribution in [0.2, 0.25) is 0 Å². The number of benzene rings is 1. The first-order chi connectivity index (χ1) is 8.29. The first kappa shape index (κ1) is 12.4. The monoisotopic (exact) mass is 234 g/mol. The lowest BCUT2D eigenvalue weighted by Gasteiger charge is -2.27. The van der Waals surface area contributed by atoms with E-state index < -0.39 is 0 Å². The van der Waals surface area contributed by atoms with E-state index in [0.29, 0.717) is 6.04 Å². The van der Waals surface area contributed by atoms with Gasteiger partial charge in [-0.2, -0.15) is 0 Å². The maximum absolute atomic E-state index is 5.70. The number of hydrogen-bond donors (Lipinski definition) is 1. The summed E-state index contributed by atoms with van der Waals surface area (Å²) < 4.78 is 5.48. The second-order valence-electron chi connectivity index (χ2n) is 4.73. The summed E-state index contributed by atoms with van der Waals surface area (Å²) in [5.41, 5.74) is 7.87. The van der Waals surface area contributed by atoms with Gasteiger partial charge in [0.2, 0.25) is 0 Å². The average molecular weight is 234 g/mol. The molecule has 2 rings (SSSR count). The van der Waals surface area contributed by atoms with Gasteiger partial charge in [0.1, 0.15) is 0 Å². The molecule has 17 heavy (non-hydrogen) atoms. The van der Waals surface area contributed by atoms with Crippen LogP contribution in [0.25, 0.3) is 0 Å². The topological polar surface area (TPSA) is 38.5 Å². The van der Waals surface area contributed by atoms with E-state index >= 15 is 0 Å². The molecule has 0 amide bonds. The Morgan fingerprint density at radius 2 is 2.12 bits per heavy atom. The van der Waals surface area contributed by atoms with Crippen molar-refractivity contribution in [3.05, 3.63) is 29.8 Å². The predicted octanol–water partition coefficient (Wildman–Crippen LogP) is 2.27. The molecule has 1 unspecified atom stereocenters. The second kappa shape index (κ2) is 6.03. The van der Waals surface area contributed by atoms with Gasteiger partial charge in [0.25, 0.3) is 0 Å². The van der Waals surface area contributed by atoms with Crippen molar-refractivity contribution in [1.29, 1.82) is 0 Å². The van der Waals surface area contributed by atoms with Crippen molar-refractivity contribution in [3.8, 4) is 0 Å². The molecule has 2 N–H and O–H groups in total. The summed E-state index contributed by atoms with van der Waals surface area (Å²) in [6, 6.07) is 8.78. The number of hydrogen-bond acceptors (Lipinski definition) is 3. The predicted molar refractivity (Wildman–Crippen MR) is 70.8 cm³/mol. The lowest BCUT2D eigenvalue weighted by molar-refractivity contribution is 0.139. The summed E-state index contributed by atoms with van der Waals surface area (Å²) >= 11 is 0. The molecular formula is C14H22N2O. The third kappa shape index (κ3) is 3.45. The number of nitrogens with zero attached hydrogens (tertiary/aromatic N) is 1. The fraction of sp³-hybridized carbons (Fsp3) is 0.571. The van der Waals surface area contributed by atoms with Crippen LogP contribution in [-0.4, -0.2) is 30.7 Å². The van der Waals surface area contributed by atoms with Gasteiger partial charge in [-0.15, -0.1) is 0 Å². The summed E-state index contributed by atoms with van der Waals surface area (Å²) in [5, 5.41) is 0. The minimum absolute atomic E-state index is 0.590. The molecule has 1 aliphatic rings. The van der Waals surface area contributed by atoms with Gasteiger partial charge in [-0.1, -0.05) is 19.1 Å². The molecule has 3 nitrogen and oxygen atoms in total. The maximum Gasteiger partial charge on any atom is 0.0622 e. The van der Waals surface area contributed by atoms with Crippen molar-refractivity contribution in [3.63, 3.8) is 0 Å². The van der Waals surface area contributed by atoms with Crippen molar-refractivity contribution in [1.82, 2.24) is 4.90 Å². The molecule has 1 heterocycles. The van der Waals surface area contributed by atoms with Crippen LogP contribution in [0.15, 0.2) is 24.3 Å². The van der Waals surface area contributed by atoms with Gasteiger partial charge in [0.05, 0.1) is 6.61 Å². The van der Waals surface area contributed by atoms with Crippen LogP contribution in [0.5, 0.6) is 0 Å². The van der Waals surface area contributed by atoms with E-state index in [0.717, 1.165) is 38.4 Å². The fourth-order valence-electron chi connectivity index (χ4n) is 2.35. The molecule has 0 spiro atoms. The van der Waals surface area contributed by atoms with Gasteiger partial charge in [-0.05, 0) is 37.1 Å². The van der Waals surface area contributed by atoms with Gasteiger partial charge < -0.3 is 10.5 Å². The molecule has 0 aromatic heterocycles. The van der Waals surface area contributed by atoms with Crippen molar-refractivity contribution in [2.75, 3.05) is 25.5 Å². The summed E-state index contributed by atoms with van der Waals surface area (Å²) in [5.74, 6) is 0. The molecular weight excluding hydrogens is 212 g/mol. The third-order valence-electron chi connectivity index (χ3n) is 3.30. The van der Waals surface area contributed by atoms with Crippen LogP contribution < -0.4 is 5.73 Å². The molecule has 1 fully saturated rings. The lowest BCUT2D eigenvalue weighted by Crippen LogP contribution is -2.35. The highest BCUT2D eigenvalue weighted by molar-refractivity contribution is 5.39. The van der Waals surface area contributed by atoms with E-state index in [4.69, 9.17) is 10.5 Å². The Morgan fingerprint density at radius 3 is 2.71 bits per heavy atom. The minimum atomic E-state index is 0.590. The molecule has 0 aliphatic carbocycles. The van der Waals surface area contributed by atoms with Crippen molar-refractivity contribution < 1.29 is 4.74 Å². The Morgan fingerprint density at radius 1 is 1.35 bits per heavy atom. The highest BCUT2D eigenvalue weighted by Crippen LogP contribution is 2.17. The Balaban J connectivity index is 1.98. The average Bonchev–Trinajstić information content (AvgIpc) is 2.85. The van der Waals surface area contributed by atoms with Crippen LogP contribution >= 0.6 is 0 Å². The molecule has 1 saturated heterocycles. The van der Waals surface area contributed by atoms with Crippen LogP contribution in [0.4, 0.5) is 5.69 Å². The van der Waals surface area contributed by atoms with Gasteiger partial charge in [0, 0.05) is 24.9 Å². The van der Waals surface area contributed by atoms with Crippen molar-refractivity contribution in [2.24, 2.45) is 0 Å². The molecule has 1 atom stereocenters. The number of ether oxygens (including phenoxy) is 1. The number of rotatable bonds is 5. The Kier molecular flexibility index (Phi) is 4.40. The van der Waals surface area contributed by atoms with Crippen LogP contribution in [-0.2, 0) is 11.3 Å². The molecule has 1 aromatic rings. The zero-order chi connectivity index (χ0) is 12.1. The van der Waals surface area contributed by atoms with Crippen LogP contribution in [0.1, 0.15) is 25.3 Å². The van der Waals surface area contributed by atoms with Crippen molar-refractivity contribution >= 4 is 5.69 Å². The van der Waals surface area contributed by atoms with E-state index in [2.05, 4.69) is 24.0 Å². The maximum atomic E-state index is 5.70. The largest absolute Gasteiger partial charge is 0.399 e. The molecule has 1 aromatic carbocycles. The van der Waals surface area contributed by atoms with Gasteiger partial charge in [0.15, 0.2) is 0 Å². The molecule has 94 valence electrons. The van der Waals surface area contributed by atoms with E-state index in [1.807, 2.05) is 12.1 Å². The quantitative estimate of drug-likeness (QED) is 0.794. The molecule has 0 radical (unpaired) electrons. The van der Waals surface area contributed by atoms with Gasteiger partial charge in [-0.25, -0.2) is 0 Å². The van der Waals surface area contributed by atoms with E-state index in [1.165, 1.54) is 12.0 Å². The first-order valence-corrected chi connectivity index (χ1v) is 6.46. The minimum Gasteiger partial charge on any atom is -0.399 e. The summed E-state index contributed by atoms with van der Waals surface area (Å²) in [6.07, 6.45) is 2.35. The SMILES string of the molecule is CCCN(Cc1ccc(N)cc1)C1CCOC1.